The third-order valence-electron chi connectivity index (χ3n) is 3.23. The van der Waals surface area contributed by atoms with Crippen LogP contribution in [-0.4, -0.2) is 29.7 Å². The number of hydrogen-bond acceptors (Lipinski definition) is 4. The van der Waals surface area contributed by atoms with E-state index in [1.807, 2.05) is 6.92 Å². The van der Waals surface area contributed by atoms with E-state index in [-0.39, 0.29) is 0 Å². The van der Waals surface area contributed by atoms with E-state index in [9.17, 15) is 0 Å². The highest BCUT2D eigenvalue weighted by Gasteiger charge is 2.16. The van der Waals surface area contributed by atoms with Gasteiger partial charge in [0.25, 0.3) is 0 Å². The molecular formula is C14H23N3O. The number of hydrogen-bond donors (Lipinski definition) is 1. The topological polar surface area (TPSA) is 47.0 Å². The van der Waals surface area contributed by atoms with Crippen molar-refractivity contribution in [1.29, 1.82) is 0 Å². The number of rotatable bonds is 6. The summed E-state index contributed by atoms with van der Waals surface area (Å²) in [6, 6.07) is 0. The van der Waals surface area contributed by atoms with Crippen molar-refractivity contribution in [3.63, 3.8) is 0 Å². The zero-order valence-electron chi connectivity index (χ0n) is 11.5. The van der Waals surface area contributed by atoms with Crippen LogP contribution in [-0.2, 0) is 30.5 Å². The van der Waals surface area contributed by atoms with Gasteiger partial charge in [0.1, 0.15) is 5.82 Å². The molecule has 2 rings (SSSR count). The predicted molar refractivity (Wildman–Crippen MR) is 71.6 cm³/mol. The van der Waals surface area contributed by atoms with Crippen LogP contribution in [0.5, 0.6) is 0 Å². The number of fused-ring (bicyclic) bond motifs is 1. The minimum absolute atomic E-state index is 0.717. The molecule has 0 fully saturated rings. The van der Waals surface area contributed by atoms with Crippen LogP contribution in [0.2, 0.25) is 0 Å². The summed E-state index contributed by atoms with van der Waals surface area (Å²) in [4.78, 5) is 9.40. The molecule has 0 atom stereocenters. The van der Waals surface area contributed by atoms with E-state index in [4.69, 9.17) is 9.72 Å². The lowest BCUT2D eigenvalue weighted by Crippen LogP contribution is -2.27. The van der Waals surface area contributed by atoms with Gasteiger partial charge in [-0.05, 0) is 31.9 Å². The summed E-state index contributed by atoms with van der Waals surface area (Å²) in [6.07, 6.45) is 4.09. The average Bonchev–Trinajstić information content (AvgIpc) is 2.39. The Bertz CT molecular complexity index is 393. The number of aryl methyl sites for hydroxylation is 1. The Labute approximate surface area is 109 Å². The molecule has 1 aliphatic rings. The van der Waals surface area contributed by atoms with Crippen LogP contribution in [0.25, 0.3) is 0 Å². The maximum atomic E-state index is 5.39. The Morgan fingerprint density at radius 3 is 2.89 bits per heavy atom. The van der Waals surface area contributed by atoms with E-state index in [0.29, 0.717) is 6.61 Å². The highest BCUT2D eigenvalue weighted by Crippen LogP contribution is 2.17. The monoisotopic (exact) mass is 249 g/mol. The lowest BCUT2D eigenvalue weighted by molar-refractivity contribution is 0.149. The van der Waals surface area contributed by atoms with Crippen molar-refractivity contribution in [3.05, 3.63) is 22.8 Å². The smallest absolute Gasteiger partial charge is 0.131 e. The molecule has 4 heteroatoms. The van der Waals surface area contributed by atoms with Crippen LogP contribution in [0.1, 0.15) is 43.0 Å². The molecule has 4 nitrogen and oxygen atoms in total. The van der Waals surface area contributed by atoms with Crippen molar-refractivity contribution in [1.82, 2.24) is 15.3 Å². The largest absolute Gasteiger partial charge is 0.381 e. The SMILES string of the molecule is CCCc1nc(CCOCC)nc2c1CCNC2. The van der Waals surface area contributed by atoms with Gasteiger partial charge in [-0.3, -0.25) is 0 Å². The summed E-state index contributed by atoms with van der Waals surface area (Å²) >= 11 is 0. The molecule has 0 radical (unpaired) electrons. The van der Waals surface area contributed by atoms with Crippen molar-refractivity contribution in [2.45, 2.75) is 46.1 Å². The van der Waals surface area contributed by atoms with Gasteiger partial charge in [0.2, 0.25) is 0 Å². The van der Waals surface area contributed by atoms with Crippen molar-refractivity contribution < 1.29 is 4.74 Å². The zero-order valence-corrected chi connectivity index (χ0v) is 11.5. The predicted octanol–water partition coefficient (Wildman–Crippen LogP) is 1.65. The Morgan fingerprint density at radius 2 is 2.11 bits per heavy atom. The lowest BCUT2D eigenvalue weighted by atomic mass is 10.0. The first-order chi connectivity index (χ1) is 8.85. The van der Waals surface area contributed by atoms with Gasteiger partial charge >= 0.3 is 0 Å². The number of ether oxygens (including phenoxy) is 1. The van der Waals surface area contributed by atoms with Crippen LogP contribution in [0.3, 0.4) is 0 Å². The van der Waals surface area contributed by atoms with Gasteiger partial charge in [-0.15, -0.1) is 0 Å². The molecule has 0 amide bonds. The molecule has 0 saturated carbocycles. The van der Waals surface area contributed by atoms with E-state index in [0.717, 1.165) is 51.2 Å². The second-order valence-electron chi connectivity index (χ2n) is 4.64. The van der Waals surface area contributed by atoms with Crippen molar-refractivity contribution >= 4 is 0 Å². The maximum Gasteiger partial charge on any atom is 0.131 e. The molecule has 0 unspecified atom stereocenters. The third kappa shape index (κ3) is 3.27. The highest BCUT2D eigenvalue weighted by atomic mass is 16.5. The summed E-state index contributed by atoms with van der Waals surface area (Å²) in [5.74, 6) is 0.939. The average molecular weight is 249 g/mol. The van der Waals surface area contributed by atoms with Crippen LogP contribution >= 0.6 is 0 Å². The molecule has 1 aromatic rings. The molecule has 0 bridgehead atoms. The molecule has 18 heavy (non-hydrogen) atoms. The molecule has 2 heterocycles. The fourth-order valence-corrected chi connectivity index (χ4v) is 2.36. The van der Waals surface area contributed by atoms with E-state index in [1.165, 1.54) is 17.0 Å². The minimum atomic E-state index is 0.717. The fraction of sp³-hybridized carbons (Fsp3) is 0.714. The van der Waals surface area contributed by atoms with Gasteiger partial charge in [0.05, 0.1) is 12.3 Å². The summed E-state index contributed by atoms with van der Waals surface area (Å²) < 4.78 is 5.39. The first-order valence-electron chi connectivity index (χ1n) is 7.01. The Kier molecular flexibility index (Phi) is 5.08. The molecule has 100 valence electrons. The summed E-state index contributed by atoms with van der Waals surface area (Å²) in [5, 5.41) is 3.38. The van der Waals surface area contributed by atoms with Crippen LogP contribution in [0.15, 0.2) is 0 Å². The van der Waals surface area contributed by atoms with Crippen molar-refractivity contribution in [2.24, 2.45) is 0 Å². The quantitative estimate of drug-likeness (QED) is 0.779. The van der Waals surface area contributed by atoms with E-state index in [2.05, 4.69) is 17.2 Å². The number of aromatic nitrogens is 2. The summed E-state index contributed by atoms with van der Waals surface area (Å²) in [7, 11) is 0. The van der Waals surface area contributed by atoms with Crippen LogP contribution in [0.4, 0.5) is 0 Å². The summed E-state index contributed by atoms with van der Waals surface area (Å²) in [5.41, 5.74) is 3.84. The van der Waals surface area contributed by atoms with Gasteiger partial charge < -0.3 is 10.1 Å². The molecule has 1 aliphatic heterocycles. The minimum Gasteiger partial charge on any atom is -0.381 e. The molecule has 0 spiro atoms. The van der Waals surface area contributed by atoms with Crippen molar-refractivity contribution in [2.75, 3.05) is 19.8 Å². The van der Waals surface area contributed by atoms with Gasteiger partial charge in [-0.1, -0.05) is 13.3 Å². The molecule has 0 aliphatic carbocycles. The van der Waals surface area contributed by atoms with Crippen LogP contribution in [0, 0.1) is 0 Å². The first kappa shape index (κ1) is 13.4. The Hall–Kier alpha value is -1.00. The van der Waals surface area contributed by atoms with Crippen molar-refractivity contribution in [3.8, 4) is 0 Å². The Balaban J connectivity index is 2.18. The highest BCUT2D eigenvalue weighted by molar-refractivity contribution is 5.28. The number of nitrogens with zero attached hydrogens (tertiary/aromatic N) is 2. The van der Waals surface area contributed by atoms with E-state index in [1.54, 1.807) is 0 Å². The van der Waals surface area contributed by atoms with Gasteiger partial charge in [-0.25, -0.2) is 9.97 Å². The second-order valence-corrected chi connectivity index (χ2v) is 4.64. The molecule has 1 N–H and O–H groups in total. The van der Waals surface area contributed by atoms with E-state index < -0.39 is 0 Å². The maximum absolute atomic E-state index is 5.39. The Morgan fingerprint density at radius 1 is 1.22 bits per heavy atom. The zero-order chi connectivity index (χ0) is 12.8. The third-order valence-corrected chi connectivity index (χ3v) is 3.23. The van der Waals surface area contributed by atoms with Gasteiger partial charge in [-0.2, -0.15) is 0 Å². The molecular weight excluding hydrogens is 226 g/mol. The first-order valence-corrected chi connectivity index (χ1v) is 7.01. The molecule has 0 saturated heterocycles. The number of nitrogens with one attached hydrogen (secondary N) is 1. The lowest BCUT2D eigenvalue weighted by Gasteiger charge is -2.20. The normalized spacial score (nSPS) is 14.6. The summed E-state index contributed by atoms with van der Waals surface area (Å²) in [6.45, 7) is 7.62. The van der Waals surface area contributed by atoms with Crippen LogP contribution < -0.4 is 5.32 Å². The van der Waals surface area contributed by atoms with Gasteiger partial charge in [0.15, 0.2) is 0 Å². The molecule has 1 aromatic heterocycles. The second kappa shape index (κ2) is 6.81. The van der Waals surface area contributed by atoms with E-state index >= 15 is 0 Å². The van der Waals surface area contributed by atoms with Gasteiger partial charge in [0, 0.05) is 25.3 Å². The molecule has 0 aromatic carbocycles. The fourth-order valence-electron chi connectivity index (χ4n) is 2.36. The standard InChI is InChI=1S/C14H23N3O/c1-3-5-12-11-6-8-15-10-13(11)17-14(16-12)7-9-18-4-2/h15H,3-10H2,1-2H3.